The second-order valence-corrected chi connectivity index (χ2v) is 13.1. The van der Waals surface area contributed by atoms with Crippen molar-refractivity contribution in [2.75, 3.05) is 7.05 Å². The molecule has 1 fully saturated rings. The lowest BCUT2D eigenvalue weighted by Crippen LogP contribution is -2.35. The first-order valence-corrected chi connectivity index (χ1v) is 15.7. The number of amides is 2. The van der Waals surface area contributed by atoms with Crippen LogP contribution >= 0.6 is 0 Å². The monoisotopic (exact) mass is 608 g/mol. The molecule has 3 aromatic carbocycles. The minimum atomic E-state index is -3.88. The Morgan fingerprint density at radius 3 is 2.23 bits per heavy atom. The standard InChI is InChI=1S/C34H32N4O5S/c1-19-11-15-23(16-12-19)44(42,43)38-20(2)17-26-25(8-6-10-29(26)38)24-7-5-9-28(21(24)3)37-18-27(32(35)39)30(22-13-14-22)31(34(37)41)33(40)36-4/h5-12,15-18,22H,13-14H2,1-4H3,(H2,35,39)(H,36,40). The summed E-state index contributed by atoms with van der Waals surface area (Å²) in [6, 6.07) is 19.5. The molecule has 0 bridgehead atoms. The average molecular weight is 609 g/mol. The predicted molar refractivity (Wildman–Crippen MR) is 170 cm³/mol. The number of hydrogen-bond acceptors (Lipinski definition) is 5. The number of fused-ring (bicyclic) bond motifs is 1. The van der Waals surface area contributed by atoms with E-state index in [0.29, 0.717) is 28.0 Å². The van der Waals surface area contributed by atoms with Gasteiger partial charge in [0.05, 0.1) is 21.7 Å². The molecule has 0 radical (unpaired) electrons. The number of carbonyl (C=O) groups excluding carboxylic acids is 2. The zero-order chi connectivity index (χ0) is 31.5. The fraction of sp³-hybridized carbons (Fsp3) is 0.206. The lowest BCUT2D eigenvalue weighted by molar-refractivity contribution is 0.0960. The first-order chi connectivity index (χ1) is 20.9. The smallest absolute Gasteiger partial charge is 0.268 e. The van der Waals surface area contributed by atoms with E-state index in [4.69, 9.17) is 5.73 Å². The highest BCUT2D eigenvalue weighted by Gasteiger charge is 2.35. The van der Waals surface area contributed by atoms with E-state index in [-0.39, 0.29) is 21.9 Å². The highest BCUT2D eigenvalue weighted by molar-refractivity contribution is 7.90. The van der Waals surface area contributed by atoms with E-state index in [9.17, 15) is 22.8 Å². The van der Waals surface area contributed by atoms with E-state index < -0.39 is 27.4 Å². The topological polar surface area (TPSA) is 133 Å². The van der Waals surface area contributed by atoms with Crippen molar-refractivity contribution in [2.24, 2.45) is 5.73 Å². The molecule has 224 valence electrons. The second kappa shape index (κ2) is 10.6. The number of aryl methyl sites for hydroxylation is 2. The Balaban J connectivity index is 1.56. The molecule has 0 aliphatic heterocycles. The molecule has 1 saturated carbocycles. The summed E-state index contributed by atoms with van der Waals surface area (Å²) >= 11 is 0. The molecule has 6 rings (SSSR count). The summed E-state index contributed by atoms with van der Waals surface area (Å²) in [6.07, 6.45) is 2.97. The summed E-state index contributed by atoms with van der Waals surface area (Å²) in [5.74, 6) is -1.35. The van der Waals surface area contributed by atoms with E-state index in [0.717, 1.165) is 34.9 Å². The molecule has 44 heavy (non-hydrogen) atoms. The maximum absolute atomic E-state index is 13.9. The van der Waals surface area contributed by atoms with Gasteiger partial charge in [-0.25, -0.2) is 12.4 Å². The third kappa shape index (κ3) is 4.62. The molecule has 2 aromatic heterocycles. The highest BCUT2D eigenvalue weighted by Crippen LogP contribution is 2.43. The first-order valence-electron chi connectivity index (χ1n) is 14.3. The van der Waals surface area contributed by atoms with Crippen LogP contribution in [0.4, 0.5) is 0 Å². The molecule has 1 aliphatic carbocycles. The normalized spacial score (nSPS) is 13.3. The molecule has 2 heterocycles. The molecule has 0 saturated heterocycles. The summed E-state index contributed by atoms with van der Waals surface area (Å²) < 4.78 is 30.2. The SMILES string of the molecule is CNC(=O)c1c(C2CC2)c(C(N)=O)cn(-c2cccc(-c3cccc4c3cc(C)n4S(=O)(=O)c3ccc(C)cc3)c2C)c1=O. The summed E-state index contributed by atoms with van der Waals surface area (Å²) in [6.45, 7) is 5.51. The zero-order valence-electron chi connectivity index (χ0n) is 24.8. The third-order valence-electron chi connectivity index (χ3n) is 8.35. The number of primary amides is 1. The number of nitrogens with two attached hydrogens (primary N) is 1. The van der Waals surface area contributed by atoms with Crippen LogP contribution in [0.5, 0.6) is 0 Å². The Kier molecular flexibility index (Phi) is 7.04. The number of hydrogen-bond donors (Lipinski definition) is 2. The zero-order valence-corrected chi connectivity index (χ0v) is 25.7. The largest absolute Gasteiger partial charge is 0.366 e. The van der Waals surface area contributed by atoms with Crippen LogP contribution in [0.2, 0.25) is 0 Å². The van der Waals surface area contributed by atoms with Gasteiger partial charge in [0.2, 0.25) is 0 Å². The van der Waals surface area contributed by atoms with Gasteiger partial charge in [-0.2, -0.15) is 0 Å². The van der Waals surface area contributed by atoms with E-state index in [1.54, 1.807) is 55.5 Å². The van der Waals surface area contributed by atoms with E-state index in [1.165, 1.54) is 21.8 Å². The van der Waals surface area contributed by atoms with E-state index in [1.807, 2.05) is 32.0 Å². The quantitative estimate of drug-likeness (QED) is 0.270. The predicted octanol–water partition coefficient (Wildman–Crippen LogP) is 4.96. The number of nitrogens with one attached hydrogen (secondary N) is 1. The van der Waals surface area contributed by atoms with Crippen LogP contribution in [0.15, 0.2) is 82.6 Å². The van der Waals surface area contributed by atoms with Crippen molar-refractivity contribution in [1.29, 1.82) is 0 Å². The van der Waals surface area contributed by atoms with Gasteiger partial charge in [-0.15, -0.1) is 0 Å². The minimum absolute atomic E-state index is 0.0688. The van der Waals surface area contributed by atoms with Crippen LogP contribution in [-0.2, 0) is 10.0 Å². The van der Waals surface area contributed by atoms with Gasteiger partial charge < -0.3 is 11.1 Å². The molecule has 0 spiro atoms. The number of carbonyl (C=O) groups is 2. The molecule has 5 aromatic rings. The number of pyridine rings is 1. The molecular formula is C34H32N4O5S. The first kappa shape index (κ1) is 29.1. The molecule has 0 atom stereocenters. The molecule has 1 aliphatic rings. The number of rotatable bonds is 7. The van der Waals surface area contributed by atoms with Crippen LogP contribution in [0.3, 0.4) is 0 Å². The van der Waals surface area contributed by atoms with Gasteiger partial charge in [-0.1, -0.05) is 42.0 Å². The van der Waals surface area contributed by atoms with Crippen molar-refractivity contribution >= 4 is 32.7 Å². The van der Waals surface area contributed by atoms with Crippen LogP contribution in [-0.4, -0.2) is 35.8 Å². The average Bonchev–Trinajstić information content (AvgIpc) is 3.77. The fourth-order valence-corrected chi connectivity index (χ4v) is 7.57. The van der Waals surface area contributed by atoms with Gasteiger partial charge in [0.25, 0.3) is 27.4 Å². The van der Waals surface area contributed by atoms with E-state index in [2.05, 4.69) is 5.32 Å². The Morgan fingerprint density at radius 2 is 1.59 bits per heavy atom. The van der Waals surface area contributed by atoms with Crippen molar-refractivity contribution in [1.82, 2.24) is 13.9 Å². The third-order valence-corrected chi connectivity index (χ3v) is 10.2. The van der Waals surface area contributed by atoms with Gasteiger partial charge in [0.15, 0.2) is 0 Å². The van der Waals surface area contributed by atoms with Crippen molar-refractivity contribution in [3.8, 4) is 16.8 Å². The molecule has 2 amide bonds. The van der Waals surface area contributed by atoms with Crippen molar-refractivity contribution in [3.05, 3.63) is 117 Å². The minimum Gasteiger partial charge on any atom is -0.366 e. The molecule has 3 N–H and O–H groups in total. The van der Waals surface area contributed by atoms with Crippen LogP contribution < -0.4 is 16.6 Å². The van der Waals surface area contributed by atoms with Crippen molar-refractivity contribution in [3.63, 3.8) is 0 Å². The molecular weight excluding hydrogens is 576 g/mol. The highest BCUT2D eigenvalue weighted by atomic mass is 32.2. The summed E-state index contributed by atoms with van der Waals surface area (Å²) in [5.41, 5.74) is 10.4. The number of benzene rings is 3. The van der Waals surface area contributed by atoms with Gasteiger partial charge in [0.1, 0.15) is 5.56 Å². The molecule has 10 heteroatoms. The Labute approximate surface area is 255 Å². The molecule has 0 unspecified atom stereocenters. The number of aromatic nitrogens is 2. The summed E-state index contributed by atoms with van der Waals surface area (Å²) in [7, 11) is -2.44. The Bertz CT molecular complexity index is 2170. The van der Waals surface area contributed by atoms with Gasteiger partial charge in [-0.3, -0.25) is 19.0 Å². The summed E-state index contributed by atoms with van der Waals surface area (Å²) in [5, 5.41) is 3.26. The van der Waals surface area contributed by atoms with Gasteiger partial charge in [-0.05, 0) is 92.1 Å². The second-order valence-electron chi connectivity index (χ2n) is 11.3. The van der Waals surface area contributed by atoms with Crippen molar-refractivity contribution < 1.29 is 18.0 Å². The van der Waals surface area contributed by atoms with Crippen LogP contribution in [0.25, 0.3) is 27.7 Å². The summed E-state index contributed by atoms with van der Waals surface area (Å²) in [4.78, 5) is 39.7. The molecule has 9 nitrogen and oxygen atoms in total. The van der Waals surface area contributed by atoms with Gasteiger partial charge >= 0.3 is 0 Å². The van der Waals surface area contributed by atoms with Crippen LogP contribution in [0.1, 0.15) is 61.9 Å². The Morgan fingerprint density at radius 1 is 0.932 bits per heavy atom. The fourth-order valence-electron chi connectivity index (χ4n) is 6.03. The maximum Gasteiger partial charge on any atom is 0.268 e. The lowest BCUT2D eigenvalue weighted by Gasteiger charge is -2.18. The van der Waals surface area contributed by atoms with E-state index >= 15 is 0 Å². The van der Waals surface area contributed by atoms with Crippen LogP contribution in [0, 0.1) is 20.8 Å². The Hall–Kier alpha value is -4.96. The maximum atomic E-state index is 13.9. The van der Waals surface area contributed by atoms with Gasteiger partial charge in [0, 0.05) is 24.3 Å². The van der Waals surface area contributed by atoms with Crippen molar-refractivity contribution in [2.45, 2.75) is 44.4 Å². The number of nitrogens with zero attached hydrogens (tertiary/aromatic N) is 2. The lowest BCUT2D eigenvalue weighted by atomic mass is 9.95.